The minimum atomic E-state index is 0.0323. The number of hydrogen-bond acceptors (Lipinski definition) is 4. The zero-order valence-corrected chi connectivity index (χ0v) is 17.6. The Morgan fingerprint density at radius 1 is 0.636 bits per heavy atom. The predicted molar refractivity (Wildman–Crippen MR) is 131 cm³/mol. The van der Waals surface area contributed by atoms with Gasteiger partial charge in [-0.15, -0.1) is 5.10 Å². The van der Waals surface area contributed by atoms with Gasteiger partial charge < -0.3 is 10.2 Å². The van der Waals surface area contributed by atoms with E-state index < -0.39 is 0 Å². The van der Waals surface area contributed by atoms with Crippen LogP contribution in [0.15, 0.2) is 103 Å². The van der Waals surface area contributed by atoms with Gasteiger partial charge in [0.2, 0.25) is 0 Å². The third kappa shape index (κ3) is 3.10. The van der Waals surface area contributed by atoms with Crippen LogP contribution in [0.4, 0.5) is 0 Å². The summed E-state index contributed by atoms with van der Waals surface area (Å²) in [6.45, 7) is 0. The first-order valence-corrected chi connectivity index (χ1v) is 10.6. The molecule has 0 saturated carbocycles. The van der Waals surface area contributed by atoms with Crippen LogP contribution in [-0.4, -0.2) is 25.2 Å². The smallest absolute Gasteiger partial charge is 0.149 e. The van der Waals surface area contributed by atoms with Crippen LogP contribution in [0, 0.1) is 0 Å². The van der Waals surface area contributed by atoms with Gasteiger partial charge in [-0.25, -0.2) is 4.68 Å². The lowest BCUT2D eigenvalue weighted by Gasteiger charge is -2.16. The standard InChI is InChI=1S/C28H19N3O2/c32-25-15-14-18-8-4-6-12-21(18)26(25)27-22-13-7-5-11-20(22)16-24(28(27)33)31-17-23(29-30-31)19-9-2-1-3-10-19/h1-17,32-33H. The fourth-order valence-electron chi connectivity index (χ4n) is 4.40. The average molecular weight is 429 g/mol. The summed E-state index contributed by atoms with van der Waals surface area (Å²) in [4.78, 5) is 0. The molecule has 0 radical (unpaired) electrons. The van der Waals surface area contributed by atoms with Gasteiger partial charge in [-0.3, -0.25) is 0 Å². The van der Waals surface area contributed by atoms with E-state index in [1.54, 1.807) is 16.9 Å². The molecule has 0 amide bonds. The molecular weight excluding hydrogens is 410 g/mol. The lowest BCUT2D eigenvalue weighted by atomic mass is 9.91. The number of fused-ring (bicyclic) bond motifs is 2. The second kappa shape index (κ2) is 7.50. The van der Waals surface area contributed by atoms with Gasteiger partial charge in [0, 0.05) is 16.7 Å². The first kappa shape index (κ1) is 19.1. The van der Waals surface area contributed by atoms with Gasteiger partial charge in [0.25, 0.3) is 0 Å². The highest BCUT2D eigenvalue weighted by atomic mass is 16.3. The fourth-order valence-corrected chi connectivity index (χ4v) is 4.40. The third-order valence-corrected chi connectivity index (χ3v) is 5.97. The number of phenols is 2. The van der Waals surface area contributed by atoms with Crippen molar-refractivity contribution in [2.75, 3.05) is 0 Å². The number of aromatic hydroxyl groups is 2. The molecule has 5 heteroatoms. The van der Waals surface area contributed by atoms with Gasteiger partial charge in [-0.05, 0) is 33.7 Å². The Balaban J connectivity index is 1.65. The lowest BCUT2D eigenvalue weighted by molar-refractivity contribution is 0.467. The molecule has 1 heterocycles. The zero-order valence-electron chi connectivity index (χ0n) is 17.6. The Morgan fingerprint density at radius 3 is 2.09 bits per heavy atom. The van der Waals surface area contributed by atoms with E-state index in [0.717, 1.165) is 27.1 Å². The van der Waals surface area contributed by atoms with E-state index in [1.807, 2.05) is 91.0 Å². The monoisotopic (exact) mass is 429 g/mol. The molecule has 2 N–H and O–H groups in total. The zero-order chi connectivity index (χ0) is 22.4. The van der Waals surface area contributed by atoms with E-state index in [1.165, 1.54) is 0 Å². The fraction of sp³-hybridized carbons (Fsp3) is 0. The van der Waals surface area contributed by atoms with E-state index in [2.05, 4.69) is 10.3 Å². The molecule has 5 nitrogen and oxygen atoms in total. The maximum atomic E-state index is 11.6. The molecule has 1 aromatic heterocycles. The van der Waals surface area contributed by atoms with Crippen LogP contribution in [0.2, 0.25) is 0 Å². The van der Waals surface area contributed by atoms with Crippen molar-refractivity contribution in [3.05, 3.63) is 103 Å². The summed E-state index contributed by atoms with van der Waals surface area (Å²) in [6, 6.07) is 30.9. The van der Waals surface area contributed by atoms with E-state index in [9.17, 15) is 10.2 Å². The Kier molecular flexibility index (Phi) is 4.33. The van der Waals surface area contributed by atoms with Crippen LogP contribution in [-0.2, 0) is 0 Å². The molecule has 0 aliphatic rings. The largest absolute Gasteiger partial charge is 0.507 e. The number of aromatic nitrogens is 3. The average Bonchev–Trinajstić information content (AvgIpc) is 3.35. The molecule has 0 aliphatic heterocycles. The maximum Gasteiger partial charge on any atom is 0.149 e. The first-order chi connectivity index (χ1) is 16.2. The summed E-state index contributed by atoms with van der Waals surface area (Å²) >= 11 is 0. The predicted octanol–water partition coefficient (Wildman–Crippen LogP) is 6.32. The minimum Gasteiger partial charge on any atom is -0.507 e. The molecule has 5 aromatic carbocycles. The van der Waals surface area contributed by atoms with E-state index in [0.29, 0.717) is 22.5 Å². The van der Waals surface area contributed by atoms with Gasteiger partial charge in [0.05, 0.1) is 6.20 Å². The third-order valence-electron chi connectivity index (χ3n) is 5.97. The Hall–Kier alpha value is -4.64. The van der Waals surface area contributed by atoms with Crippen LogP contribution in [0.1, 0.15) is 0 Å². The minimum absolute atomic E-state index is 0.0323. The molecule has 0 unspecified atom stereocenters. The summed E-state index contributed by atoms with van der Waals surface area (Å²) < 4.78 is 1.58. The van der Waals surface area contributed by atoms with Crippen LogP contribution in [0.5, 0.6) is 11.5 Å². The van der Waals surface area contributed by atoms with Gasteiger partial charge in [-0.2, -0.15) is 0 Å². The number of rotatable bonds is 3. The van der Waals surface area contributed by atoms with Gasteiger partial charge in [0.15, 0.2) is 0 Å². The molecule has 0 atom stereocenters. The van der Waals surface area contributed by atoms with Crippen molar-refractivity contribution in [2.45, 2.75) is 0 Å². The highest BCUT2D eigenvalue weighted by molar-refractivity contribution is 6.10. The molecule has 158 valence electrons. The van der Waals surface area contributed by atoms with E-state index >= 15 is 0 Å². The Bertz CT molecular complexity index is 1640. The molecule has 0 fully saturated rings. The van der Waals surface area contributed by atoms with Gasteiger partial charge in [-0.1, -0.05) is 90.1 Å². The van der Waals surface area contributed by atoms with Crippen molar-refractivity contribution >= 4 is 21.5 Å². The van der Waals surface area contributed by atoms with Crippen molar-refractivity contribution in [3.63, 3.8) is 0 Å². The van der Waals surface area contributed by atoms with E-state index in [4.69, 9.17) is 0 Å². The molecule has 0 bridgehead atoms. The first-order valence-electron chi connectivity index (χ1n) is 10.6. The van der Waals surface area contributed by atoms with Crippen molar-refractivity contribution in [2.24, 2.45) is 0 Å². The molecule has 6 rings (SSSR count). The Labute approximate surface area is 189 Å². The summed E-state index contributed by atoms with van der Waals surface area (Å²) in [5.74, 6) is 0.139. The topological polar surface area (TPSA) is 71.2 Å². The summed E-state index contributed by atoms with van der Waals surface area (Å²) in [6.07, 6.45) is 1.80. The van der Waals surface area contributed by atoms with Gasteiger partial charge >= 0.3 is 0 Å². The quantitative estimate of drug-likeness (QED) is 0.345. The second-order valence-corrected chi connectivity index (χ2v) is 7.94. The number of benzene rings is 5. The Morgan fingerprint density at radius 2 is 1.30 bits per heavy atom. The number of nitrogens with zero attached hydrogens (tertiary/aromatic N) is 3. The maximum absolute atomic E-state index is 11.6. The summed E-state index contributed by atoms with van der Waals surface area (Å²) in [5, 5.41) is 34.7. The molecule has 0 aliphatic carbocycles. The van der Waals surface area contributed by atoms with Crippen LogP contribution < -0.4 is 0 Å². The van der Waals surface area contributed by atoms with Gasteiger partial charge in [0.1, 0.15) is 22.9 Å². The van der Waals surface area contributed by atoms with Crippen molar-refractivity contribution in [3.8, 4) is 39.6 Å². The molecule has 33 heavy (non-hydrogen) atoms. The summed E-state index contributed by atoms with van der Waals surface area (Å²) in [5.41, 5.74) is 3.29. The SMILES string of the molecule is Oc1ccc2ccccc2c1-c1c(O)c(-n2cc(-c3ccccc3)nn2)cc2ccccc12. The second-order valence-electron chi connectivity index (χ2n) is 7.94. The highest BCUT2D eigenvalue weighted by Crippen LogP contribution is 2.46. The van der Waals surface area contributed by atoms with Crippen molar-refractivity contribution in [1.82, 2.24) is 15.0 Å². The molecule has 0 saturated heterocycles. The normalized spacial score (nSPS) is 11.3. The van der Waals surface area contributed by atoms with E-state index in [-0.39, 0.29) is 11.5 Å². The molecule has 6 aromatic rings. The number of phenolic OH excluding ortho intramolecular Hbond substituents is 2. The highest BCUT2D eigenvalue weighted by Gasteiger charge is 2.21. The van der Waals surface area contributed by atoms with Crippen LogP contribution in [0.3, 0.4) is 0 Å². The van der Waals surface area contributed by atoms with Crippen LogP contribution in [0.25, 0.3) is 49.6 Å². The lowest BCUT2D eigenvalue weighted by Crippen LogP contribution is -1.98. The van der Waals surface area contributed by atoms with Crippen molar-refractivity contribution < 1.29 is 10.2 Å². The molecular formula is C28H19N3O2. The summed E-state index contributed by atoms with van der Waals surface area (Å²) in [7, 11) is 0. The van der Waals surface area contributed by atoms with Crippen LogP contribution >= 0.6 is 0 Å². The molecule has 0 spiro atoms. The van der Waals surface area contributed by atoms with Crippen molar-refractivity contribution in [1.29, 1.82) is 0 Å². The number of hydrogen-bond donors (Lipinski definition) is 2.